The minimum atomic E-state index is -0.0418. The van der Waals surface area contributed by atoms with E-state index in [2.05, 4.69) is 52.9 Å². The second kappa shape index (κ2) is 4.61. The van der Waals surface area contributed by atoms with Gasteiger partial charge in [0.1, 0.15) is 11.6 Å². The van der Waals surface area contributed by atoms with Crippen LogP contribution in [0.3, 0.4) is 0 Å². The zero-order chi connectivity index (χ0) is 13.3. The van der Waals surface area contributed by atoms with E-state index < -0.39 is 0 Å². The monoisotopic (exact) mass is 250 g/mol. The minimum Gasteiger partial charge on any atom is -0.368 e. The van der Waals surface area contributed by atoms with Crippen LogP contribution in [0.4, 0.5) is 17.6 Å². The number of nitrogen functional groups attached to an aromatic ring is 1. The first-order valence-corrected chi connectivity index (χ1v) is 6.20. The van der Waals surface area contributed by atoms with Crippen molar-refractivity contribution < 1.29 is 0 Å². The summed E-state index contributed by atoms with van der Waals surface area (Å²) >= 11 is 0. The summed E-state index contributed by atoms with van der Waals surface area (Å²) in [5.41, 5.74) is 5.74. The van der Waals surface area contributed by atoms with Crippen molar-refractivity contribution in [2.45, 2.75) is 26.3 Å². The van der Waals surface area contributed by atoms with Crippen LogP contribution in [0.25, 0.3) is 0 Å². The van der Waals surface area contributed by atoms with Gasteiger partial charge in [-0.15, -0.1) is 0 Å². The molecule has 0 spiro atoms. The number of nitrogens with one attached hydrogen (secondary N) is 1. The molecule has 0 unspecified atom stereocenters. The molecule has 0 amide bonds. The van der Waals surface area contributed by atoms with Gasteiger partial charge in [-0.25, -0.2) is 0 Å². The fourth-order valence-corrected chi connectivity index (χ4v) is 1.97. The van der Waals surface area contributed by atoms with Crippen molar-refractivity contribution in [2.24, 2.45) is 0 Å². The molecule has 3 N–H and O–H groups in total. The third kappa shape index (κ3) is 3.22. The zero-order valence-corrected chi connectivity index (χ0v) is 11.6. The first kappa shape index (κ1) is 12.9. The van der Waals surface area contributed by atoms with E-state index in [0.717, 1.165) is 31.4 Å². The first-order valence-electron chi connectivity index (χ1n) is 6.20. The van der Waals surface area contributed by atoms with E-state index in [1.807, 2.05) is 6.07 Å². The van der Waals surface area contributed by atoms with Crippen molar-refractivity contribution in [3.8, 4) is 0 Å². The summed E-state index contributed by atoms with van der Waals surface area (Å²) in [5, 5.41) is 3.33. The lowest BCUT2D eigenvalue weighted by atomic mass is 10.1. The Kier molecular flexibility index (Phi) is 3.30. The largest absolute Gasteiger partial charge is 0.368 e. The summed E-state index contributed by atoms with van der Waals surface area (Å²) in [7, 11) is 2.10. The predicted octanol–water partition coefficient (Wildman–Crippen LogP) is 0.978. The molecular formula is C12H22N6. The second-order valence-electron chi connectivity index (χ2n) is 5.83. The van der Waals surface area contributed by atoms with Crippen molar-refractivity contribution in [2.75, 3.05) is 42.8 Å². The van der Waals surface area contributed by atoms with E-state index in [1.54, 1.807) is 0 Å². The number of anilines is 3. The van der Waals surface area contributed by atoms with Crippen LogP contribution < -0.4 is 16.0 Å². The van der Waals surface area contributed by atoms with Gasteiger partial charge >= 0.3 is 0 Å². The maximum absolute atomic E-state index is 5.78. The Labute approximate surface area is 108 Å². The highest BCUT2D eigenvalue weighted by Gasteiger charge is 2.20. The fourth-order valence-electron chi connectivity index (χ4n) is 1.97. The number of hydrogen-bond acceptors (Lipinski definition) is 6. The average Bonchev–Trinajstić information content (AvgIpc) is 2.61. The van der Waals surface area contributed by atoms with Gasteiger partial charge in [-0.2, -0.15) is 9.97 Å². The van der Waals surface area contributed by atoms with E-state index in [0.29, 0.717) is 5.95 Å². The van der Waals surface area contributed by atoms with Crippen LogP contribution in [-0.4, -0.2) is 47.2 Å². The SMILES string of the molecule is CN1CCN(c2cc(NC(C)(C)C)nc(N)n2)C1. The molecule has 100 valence electrons. The summed E-state index contributed by atoms with van der Waals surface area (Å²) in [6.45, 7) is 9.18. The summed E-state index contributed by atoms with van der Waals surface area (Å²) in [4.78, 5) is 13.0. The quantitative estimate of drug-likeness (QED) is 0.815. The molecule has 1 aromatic heterocycles. The van der Waals surface area contributed by atoms with Crippen LogP contribution in [0.15, 0.2) is 6.07 Å². The molecule has 1 aliphatic rings. The van der Waals surface area contributed by atoms with Crippen LogP contribution in [0, 0.1) is 0 Å². The van der Waals surface area contributed by atoms with Crippen LogP contribution in [0.2, 0.25) is 0 Å². The number of nitrogens with zero attached hydrogens (tertiary/aromatic N) is 4. The summed E-state index contributed by atoms with van der Waals surface area (Å²) in [6, 6.07) is 1.96. The van der Waals surface area contributed by atoms with Gasteiger partial charge in [0, 0.05) is 24.7 Å². The Morgan fingerprint density at radius 3 is 2.56 bits per heavy atom. The fraction of sp³-hybridized carbons (Fsp3) is 0.667. The van der Waals surface area contributed by atoms with Crippen LogP contribution in [0.1, 0.15) is 20.8 Å². The average molecular weight is 250 g/mol. The number of aromatic nitrogens is 2. The Balaban J connectivity index is 2.21. The smallest absolute Gasteiger partial charge is 0.223 e. The van der Waals surface area contributed by atoms with E-state index >= 15 is 0 Å². The maximum Gasteiger partial charge on any atom is 0.223 e. The van der Waals surface area contributed by atoms with Crippen LogP contribution in [0.5, 0.6) is 0 Å². The van der Waals surface area contributed by atoms with Crippen molar-refractivity contribution in [3.63, 3.8) is 0 Å². The zero-order valence-electron chi connectivity index (χ0n) is 11.6. The topological polar surface area (TPSA) is 70.3 Å². The molecular weight excluding hydrogens is 228 g/mol. The van der Waals surface area contributed by atoms with Crippen molar-refractivity contribution in [3.05, 3.63) is 6.07 Å². The van der Waals surface area contributed by atoms with Gasteiger partial charge in [-0.05, 0) is 27.8 Å². The molecule has 2 rings (SSSR count). The lowest BCUT2D eigenvalue weighted by Crippen LogP contribution is -2.28. The lowest BCUT2D eigenvalue weighted by molar-refractivity contribution is 0.420. The molecule has 0 atom stereocenters. The molecule has 0 aliphatic carbocycles. The number of hydrogen-bond donors (Lipinski definition) is 2. The van der Waals surface area contributed by atoms with E-state index in [9.17, 15) is 0 Å². The third-order valence-corrected chi connectivity index (χ3v) is 2.72. The molecule has 18 heavy (non-hydrogen) atoms. The van der Waals surface area contributed by atoms with Gasteiger partial charge in [0.15, 0.2) is 0 Å². The number of likely N-dealkylation sites (N-methyl/N-ethyl adjacent to an activating group) is 1. The van der Waals surface area contributed by atoms with Gasteiger partial charge in [-0.3, -0.25) is 4.90 Å². The van der Waals surface area contributed by atoms with Gasteiger partial charge < -0.3 is 16.0 Å². The predicted molar refractivity (Wildman–Crippen MR) is 74.7 cm³/mol. The van der Waals surface area contributed by atoms with E-state index in [-0.39, 0.29) is 5.54 Å². The molecule has 1 saturated heterocycles. The summed E-state index contributed by atoms with van der Waals surface area (Å²) in [5.74, 6) is 1.98. The van der Waals surface area contributed by atoms with Crippen molar-refractivity contribution in [1.29, 1.82) is 0 Å². The Hall–Kier alpha value is -1.56. The van der Waals surface area contributed by atoms with Crippen LogP contribution >= 0.6 is 0 Å². The van der Waals surface area contributed by atoms with Gasteiger partial charge in [-0.1, -0.05) is 0 Å². The molecule has 0 aromatic carbocycles. The molecule has 6 nitrogen and oxygen atoms in total. The van der Waals surface area contributed by atoms with Gasteiger partial charge in [0.05, 0.1) is 6.67 Å². The normalized spacial score (nSPS) is 17.2. The maximum atomic E-state index is 5.78. The van der Waals surface area contributed by atoms with Gasteiger partial charge in [0.2, 0.25) is 5.95 Å². The van der Waals surface area contributed by atoms with Crippen molar-refractivity contribution in [1.82, 2.24) is 14.9 Å². The molecule has 2 heterocycles. The lowest BCUT2D eigenvalue weighted by Gasteiger charge is -2.23. The molecule has 6 heteroatoms. The summed E-state index contributed by atoms with van der Waals surface area (Å²) < 4.78 is 0. The Bertz CT molecular complexity index is 425. The van der Waals surface area contributed by atoms with Crippen molar-refractivity contribution >= 4 is 17.6 Å². The highest BCUT2D eigenvalue weighted by molar-refractivity contribution is 5.53. The highest BCUT2D eigenvalue weighted by Crippen LogP contribution is 2.21. The molecule has 1 aromatic rings. The first-order chi connectivity index (χ1) is 8.33. The summed E-state index contributed by atoms with van der Waals surface area (Å²) in [6.07, 6.45) is 0. The molecule has 0 saturated carbocycles. The highest BCUT2D eigenvalue weighted by atomic mass is 15.4. The minimum absolute atomic E-state index is 0.0418. The van der Waals surface area contributed by atoms with Crippen LogP contribution in [-0.2, 0) is 0 Å². The molecule has 0 radical (unpaired) electrons. The van der Waals surface area contributed by atoms with Gasteiger partial charge in [0.25, 0.3) is 0 Å². The Morgan fingerprint density at radius 2 is 2.00 bits per heavy atom. The second-order valence-corrected chi connectivity index (χ2v) is 5.83. The van der Waals surface area contributed by atoms with E-state index in [1.165, 1.54) is 0 Å². The third-order valence-electron chi connectivity index (χ3n) is 2.72. The standard InChI is InChI=1S/C12H22N6/c1-12(2,3)16-9-7-10(15-11(13)14-9)18-6-5-17(4)8-18/h7H,5-6,8H2,1-4H3,(H3,13,14,15,16). The number of nitrogens with two attached hydrogens (primary N) is 1. The number of rotatable bonds is 2. The molecule has 0 bridgehead atoms. The van der Waals surface area contributed by atoms with E-state index in [4.69, 9.17) is 5.73 Å². The Morgan fingerprint density at radius 1 is 1.28 bits per heavy atom. The molecule has 1 aliphatic heterocycles. The molecule has 1 fully saturated rings.